The van der Waals surface area contributed by atoms with E-state index in [1.165, 1.54) is 0 Å². The fraction of sp³-hybridized carbons (Fsp3) is 0.0476. The molecule has 0 amide bonds. The van der Waals surface area contributed by atoms with Crippen LogP contribution in [0.4, 0.5) is 0 Å². The van der Waals surface area contributed by atoms with Gasteiger partial charge < -0.3 is 4.74 Å². The van der Waals surface area contributed by atoms with Gasteiger partial charge in [0.15, 0.2) is 34.9 Å². The molecule has 0 unspecified atom stereocenters. The Hall–Kier alpha value is -9.20. The molecule has 0 saturated heterocycles. The van der Waals surface area contributed by atoms with E-state index in [2.05, 4.69) is 172 Å². The lowest BCUT2D eigenvalue weighted by Crippen LogP contribution is -2.29. The maximum atomic E-state index is 6.93. The normalized spacial score (nSPS) is 12.7. The van der Waals surface area contributed by atoms with Gasteiger partial charge in [0, 0.05) is 44.5 Å². The zero-order valence-electron chi connectivity index (χ0n) is 38.4. The summed E-state index contributed by atoms with van der Waals surface area (Å²) in [5.41, 5.74) is 9.86. The summed E-state index contributed by atoms with van der Waals surface area (Å²) in [4.78, 5) is 31.8. The first kappa shape index (κ1) is 41.0. The van der Waals surface area contributed by atoms with Crippen molar-refractivity contribution in [3.05, 3.63) is 224 Å². The molecule has 0 saturated carbocycles. The topological polar surface area (TPSA) is 86.6 Å². The standard InChI is InChI=1S/C63H42N6O/c1-63(2)54-28-16-15-26-49(54)50-34-33-45(37-55(50)70-63)52-38-53(48-25-13-14-27-51(48)56(52)62-68-57(41-19-5-3-6-20-41)64-58(69-62)42-21-7-4-8-22-42)61-66-59(46-31-29-39-17-9-11-23-43(39)35-46)65-60(67-61)47-32-30-40-18-10-12-24-44(40)36-47/h3-38H,1-2H3. The monoisotopic (exact) mass is 898 g/mol. The summed E-state index contributed by atoms with van der Waals surface area (Å²) in [5, 5.41) is 6.37. The van der Waals surface area contributed by atoms with Crippen molar-refractivity contribution in [1.29, 1.82) is 0 Å². The largest absolute Gasteiger partial charge is 0.482 e. The van der Waals surface area contributed by atoms with Crippen molar-refractivity contribution in [2.75, 3.05) is 0 Å². The minimum absolute atomic E-state index is 0.541. The second kappa shape index (κ2) is 16.5. The Kier molecular flexibility index (Phi) is 9.69. The van der Waals surface area contributed by atoms with Crippen LogP contribution in [0.15, 0.2) is 218 Å². The number of hydrogen-bond donors (Lipinski definition) is 0. The Morgan fingerprint density at radius 3 is 1.39 bits per heavy atom. The second-order valence-electron chi connectivity index (χ2n) is 18.2. The molecule has 1 aliphatic rings. The highest BCUT2D eigenvalue weighted by molar-refractivity contribution is 6.10. The molecule has 70 heavy (non-hydrogen) atoms. The lowest BCUT2D eigenvalue weighted by atomic mass is 9.84. The molecule has 7 heteroatoms. The first-order valence-electron chi connectivity index (χ1n) is 23.5. The maximum absolute atomic E-state index is 6.93. The first-order chi connectivity index (χ1) is 34.4. The molecule has 0 aliphatic carbocycles. The molecular weight excluding hydrogens is 857 g/mol. The van der Waals surface area contributed by atoms with Crippen LogP contribution >= 0.6 is 0 Å². The number of ether oxygens (including phenoxy) is 1. The molecule has 7 nitrogen and oxygen atoms in total. The minimum Gasteiger partial charge on any atom is -0.482 e. The zero-order chi connectivity index (χ0) is 46.8. The van der Waals surface area contributed by atoms with Gasteiger partial charge in [0.25, 0.3) is 0 Å². The second-order valence-corrected chi connectivity index (χ2v) is 18.2. The summed E-state index contributed by atoms with van der Waals surface area (Å²) in [7, 11) is 0. The molecule has 3 heterocycles. The molecule has 0 N–H and O–H groups in total. The minimum atomic E-state index is -0.563. The lowest BCUT2D eigenvalue weighted by Gasteiger charge is -2.35. The van der Waals surface area contributed by atoms with Gasteiger partial charge in [-0.15, -0.1) is 0 Å². The molecule has 13 rings (SSSR count). The van der Waals surface area contributed by atoms with E-state index in [1.807, 2.05) is 60.7 Å². The third kappa shape index (κ3) is 7.23. The Morgan fingerprint density at radius 1 is 0.300 bits per heavy atom. The average molecular weight is 899 g/mol. The van der Waals surface area contributed by atoms with E-state index >= 15 is 0 Å². The van der Waals surface area contributed by atoms with Crippen LogP contribution in [0.3, 0.4) is 0 Å². The summed E-state index contributed by atoms with van der Waals surface area (Å²) in [6, 6.07) is 75.4. The molecule has 0 bridgehead atoms. The van der Waals surface area contributed by atoms with Gasteiger partial charge in [0.2, 0.25) is 0 Å². The third-order valence-corrected chi connectivity index (χ3v) is 13.4. The molecule has 0 spiro atoms. The van der Waals surface area contributed by atoms with Crippen LogP contribution in [0.25, 0.3) is 123 Å². The molecule has 12 aromatic rings. The van der Waals surface area contributed by atoms with E-state index in [0.717, 1.165) is 99.3 Å². The Balaban J connectivity index is 1.10. The van der Waals surface area contributed by atoms with Gasteiger partial charge in [-0.05, 0) is 87.1 Å². The van der Waals surface area contributed by atoms with Crippen LogP contribution in [-0.4, -0.2) is 29.9 Å². The quantitative estimate of drug-likeness (QED) is 0.157. The van der Waals surface area contributed by atoms with Crippen LogP contribution in [0.1, 0.15) is 19.4 Å². The number of nitrogens with zero attached hydrogens (tertiary/aromatic N) is 6. The highest BCUT2D eigenvalue weighted by atomic mass is 16.5. The van der Waals surface area contributed by atoms with E-state index in [-0.39, 0.29) is 0 Å². The van der Waals surface area contributed by atoms with Crippen molar-refractivity contribution in [1.82, 2.24) is 29.9 Å². The van der Waals surface area contributed by atoms with Crippen LogP contribution in [0, 0.1) is 0 Å². The van der Waals surface area contributed by atoms with Gasteiger partial charge in [-0.2, -0.15) is 0 Å². The van der Waals surface area contributed by atoms with Gasteiger partial charge in [-0.1, -0.05) is 194 Å². The molecule has 0 radical (unpaired) electrons. The van der Waals surface area contributed by atoms with E-state index in [4.69, 9.17) is 34.6 Å². The van der Waals surface area contributed by atoms with Gasteiger partial charge >= 0.3 is 0 Å². The van der Waals surface area contributed by atoms with Crippen molar-refractivity contribution < 1.29 is 4.74 Å². The van der Waals surface area contributed by atoms with Gasteiger partial charge in [-0.25, -0.2) is 29.9 Å². The molecule has 10 aromatic carbocycles. The predicted octanol–water partition coefficient (Wildman–Crippen LogP) is 15.5. The molecular formula is C63H42N6O. The highest BCUT2D eigenvalue weighted by Crippen LogP contribution is 2.49. The number of benzene rings is 10. The zero-order valence-corrected chi connectivity index (χ0v) is 38.4. The number of fused-ring (bicyclic) bond motifs is 6. The fourth-order valence-corrected chi connectivity index (χ4v) is 9.93. The smallest absolute Gasteiger partial charge is 0.165 e. The van der Waals surface area contributed by atoms with E-state index < -0.39 is 5.60 Å². The number of hydrogen-bond acceptors (Lipinski definition) is 7. The van der Waals surface area contributed by atoms with Crippen molar-refractivity contribution in [2.45, 2.75) is 19.4 Å². The molecule has 1 aliphatic heterocycles. The molecule has 0 atom stereocenters. The lowest BCUT2D eigenvalue weighted by molar-refractivity contribution is 0.106. The van der Waals surface area contributed by atoms with E-state index in [0.29, 0.717) is 34.9 Å². The average Bonchev–Trinajstić information content (AvgIpc) is 3.42. The third-order valence-electron chi connectivity index (χ3n) is 13.4. The van der Waals surface area contributed by atoms with Crippen LogP contribution in [-0.2, 0) is 5.60 Å². The summed E-state index contributed by atoms with van der Waals surface area (Å²) >= 11 is 0. The van der Waals surface area contributed by atoms with Crippen molar-refractivity contribution in [3.63, 3.8) is 0 Å². The molecule has 2 aromatic heterocycles. The maximum Gasteiger partial charge on any atom is 0.165 e. The van der Waals surface area contributed by atoms with Crippen molar-refractivity contribution in [3.8, 4) is 96.3 Å². The summed E-state index contributed by atoms with van der Waals surface area (Å²) in [5.74, 6) is 4.19. The van der Waals surface area contributed by atoms with Gasteiger partial charge in [-0.3, -0.25) is 0 Å². The Labute approximate surface area is 404 Å². The summed E-state index contributed by atoms with van der Waals surface area (Å²) in [6.45, 7) is 4.26. The van der Waals surface area contributed by atoms with Gasteiger partial charge in [0.1, 0.15) is 11.4 Å². The summed E-state index contributed by atoms with van der Waals surface area (Å²) in [6.07, 6.45) is 0. The summed E-state index contributed by atoms with van der Waals surface area (Å²) < 4.78 is 6.93. The molecule has 330 valence electrons. The SMILES string of the molecule is CC1(C)Oc2cc(-c3cc(-c4nc(-c5ccc6ccccc6c5)nc(-c5ccc6ccccc6c5)n4)c4ccccc4c3-c3nc(-c4ccccc4)nc(-c4ccccc4)n3)ccc2-c2ccccc21. The Morgan fingerprint density at radius 2 is 0.771 bits per heavy atom. The van der Waals surface area contributed by atoms with E-state index in [1.54, 1.807) is 0 Å². The number of aromatic nitrogens is 6. The highest BCUT2D eigenvalue weighted by Gasteiger charge is 2.33. The van der Waals surface area contributed by atoms with Crippen molar-refractivity contribution in [2.24, 2.45) is 0 Å². The molecule has 0 fully saturated rings. The predicted molar refractivity (Wildman–Crippen MR) is 283 cm³/mol. The fourth-order valence-electron chi connectivity index (χ4n) is 9.93. The van der Waals surface area contributed by atoms with E-state index in [9.17, 15) is 0 Å². The Bertz CT molecular complexity index is 3870. The van der Waals surface area contributed by atoms with Crippen LogP contribution < -0.4 is 4.74 Å². The van der Waals surface area contributed by atoms with Crippen LogP contribution in [0.2, 0.25) is 0 Å². The first-order valence-corrected chi connectivity index (χ1v) is 23.5. The number of rotatable bonds is 7. The van der Waals surface area contributed by atoms with Gasteiger partial charge in [0.05, 0.1) is 0 Å². The van der Waals surface area contributed by atoms with Crippen molar-refractivity contribution >= 4 is 32.3 Å². The van der Waals surface area contributed by atoms with Crippen LogP contribution in [0.5, 0.6) is 5.75 Å².